The molecule has 2 atom stereocenters. The van der Waals surface area contributed by atoms with Crippen LogP contribution >= 0.6 is 0 Å². The van der Waals surface area contributed by atoms with E-state index in [4.69, 9.17) is 4.74 Å². The van der Waals surface area contributed by atoms with Crippen LogP contribution in [0.25, 0.3) is 0 Å². The SMILES string of the molecule is CCCCCCCC1CCCC1CCCCCCCCCCC1=NC(C)(C)CO1. The van der Waals surface area contributed by atoms with Gasteiger partial charge in [0.2, 0.25) is 0 Å². The highest BCUT2D eigenvalue weighted by Gasteiger charge is 2.26. The zero-order valence-corrected chi connectivity index (χ0v) is 20.2. The van der Waals surface area contributed by atoms with E-state index in [1.807, 2.05) is 0 Å². The van der Waals surface area contributed by atoms with Gasteiger partial charge in [0.15, 0.2) is 5.90 Å². The van der Waals surface area contributed by atoms with Gasteiger partial charge >= 0.3 is 0 Å². The van der Waals surface area contributed by atoms with Gasteiger partial charge in [-0.05, 0) is 32.1 Å². The molecular weight excluding hydrogens is 354 g/mol. The van der Waals surface area contributed by atoms with E-state index in [0.717, 1.165) is 30.8 Å². The van der Waals surface area contributed by atoms with Gasteiger partial charge in [-0.25, -0.2) is 4.99 Å². The molecular formula is C27H51NO. The van der Waals surface area contributed by atoms with Crippen LogP contribution in [0.2, 0.25) is 0 Å². The van der Waals surface area contributed by atoms with Crippen molar-refractivity contribution in [3.63, 3.8) is 0 Å². The van der Waals surface area contributed by atoms with Crippen molar-refractivity contribution in [1.29, 1.82) is 0 Å². The van der Waals surface area contributed by atoms with Gasteiger partial charge in [0.25, 0.3) is 0 Å². The van der Waals surface area contributed by atoms with Gasteiger partial charge in [0.05, 0.1) is 5.54 Å². The standard InChI is InChI=1S/C27H51NO/c1-4-5-6-11-14-18-24-20-17-21-25(24)19-15-12-9-7-8-10-13-16-22-26-28-27(2,3)23-29-26/h24-25H,4-23H2,1-3H3. The van der Waals surface area contributed by atoms with E-state index >= 15 is 0 Å². The van der Waals surface area contributed by atoms with Gasteiger partial charge in [-0.1, -0.05) is 116 Å². The highest BCUT2D eigenvalue weighted by molar-refractivity contribution is 5.78. The molecule has 1 saturated carbocycles. The molecule has 0 N–H and O–H groups in total. The Labute approximate surface area is 182 Å². The van der Waals surface area contributed by atoms with Crippen LogP contribution in [0.15, 0.2) is 4.99 Å². The molecule has 0 bridgehead atoms. The van der Waals surface area contributed by atoms with Gasteiger partial charge in [-0.2, -0.15) is 0 Å². The Kier molecular flexibility index (Phi) is 12.3. The summed E-state index contributed by atoms with van der Waals surface area (Å²) < 4.78 is 5.68. The second-order valence-corrected chi connectivity index (χ2v) is 10.6. The van der Waals surface area contributed by atoms with Crippen molar-refractivity contribution < 1.29 is 4.74 Å². The normalized spacial score (nSPS) is 23.3. The minimum Gasteiger partial charge on any atom is -0.478 e. The molecule has 1 heterocycles. The van der Waals surface area contributed by atoms with Gasteiger partial charge < -0.3 is 4.74 Å². The summed E-state index contributed by atoms with van der Waals surface area (Å²) in [4.78, 5) is 4.65. The molecule has 0 aromatic heterocycles. The predicted octanol–water partition coefficient (Wildman–Crippen LogP) is 8.87. The fourth-order valence-electron chi connectivity index (χ4n) is 5.42. The molecule has 0 saturated heterocycles. The third-order valence-electron chi connectivity index (χ3n) is 7.23. The molecule has 2 nitrogen and oxygen atoms in total. The topological polar surface area (TPSA) is 21.6 Å². The van der Waals surface area contributed by atoms with Gasteiger partial charge in [0.1, 0.15) is 6.61 Å². The first-order chi connectivity index (χ1) is 14.1. The number of rotatable bonds is 17. The van der Waals surface area contributed by atoms with Crippen LogP contribution in [0.1, 0.15) is 143 Å². The second kappa shape index (κ2) is 14.5. The van der Waals surface area contributed by atoms with Crippen molar-refractivity contribution in [2.24, 2.45) is 16.8 Å². The Morgan fingerprint density at radius 3 is 1.79 bits per heavy atom. The van der Waals surface area contributed by atoms with Crippen molar-refractivity contribution in [2.75, 3.05) is 6.61 Å². The molecule has 0 radical (unpaired) electrons. The Balaban J connectivity index is 1.37. The Morgan fingerprint density at radius 1 is 0.759 bits per heavy atom. The third-order valence-corrected chi connectivity index (χ3v) is 7.23. The van der Waals surface area contributed by atoms with Crippen LogP contribution in [0.3, 0.4) is 0 Å². The Hall–Kier alpha value is -0.530. The largest absolute Gasteiger partial charge is 0.478 e. The van der Waals surface area contributed by atoms with E-state index in [9.17, 15) is 0 Å². The van der Waals surface area contributed by atoms with E-state index in [0.29, 0.717) is 0 Å². The highest BCUT2D eigenvalue weighted by Crippen LogP contribution is 2.38. The lowest BCUT2D eigenvalue weighted by molar-refractivity contribution is 0.273. The quantitative estimate of drug-likeness (QED) is 0.221. The van der Waals surface area contributed by atoms with Gasteiger partial charge in [-0.3, -0.25) is 0 Å². The highest BCUT2D eigenvalue weighted by atomic mass is 16.5. The smallest absolute Gasteiger partial charge is 0.183 e. The zero-order chi connectivity index (χ0) is 20.8. The third kappa shape index (κ3) is 10.9. The van der Waals surface area contributed by atoms with Crippen molar-refractivity contribution >= 4 is 5.90 Å². The molecule has 0 spiro atoms. The van der Waals surface area contributed by atoms with Crippen LogP contribution < -0.4 is 0 Å². The summed E-state index contributed by atoms with van der Waals surface area (Å²) in [6.07, 6.45) is 27.2. The second-order valence-electron chi connectivity index (χ2n) is 10.6. The van der Waals surface area contributed by atoms with Crippen molar-refractivity contribution in [1.82, 2.24) is 0 Å². The monoisotopic (exact) mass is 405 g/mol. The fraction of sp³-hybridized carbons (Fsp3) is 0.963. The Bertz CT molecular complexity index is 442. The summed E-state index contributed by atoms with van der Waals surface area (Å²) in [5, 5.41) is 0. The lowest BCUT2D eigenvalue weighted by Crippen LogP contribution is -2.17. The average molecular weight is 406 g/mol. The van der Waals surface area contributed by atoms with E-state index in [2.05, 4.69) is 25.8 Å². The predicted molar refractivity (Wildman–Crippen MR) is 128 cm³/mol. The fourth-order valence-corrected chi connectivity index (χ4v) is 5.42. The summed E-state index contributed by atoms with van der Waals surface area (Å²) in [5.74, 6) is 3.16. The van der Waals surface area contributed by atoms with E-state index in [-0.39, 0.29) is 5.54 Å². The molecule has 1 aliphatic carbocycles. The molecule has 2 unspecified atom stereocenters. The van der Waals surface area contributed by atoms with Gasteiger partial charge in [0, 0.05) is 6.42 Å². The maximum absolute atomic E-state index is 5.68. The van der Waals surface area contributed by atoms with Crippen LogP contribution in [-0.2, 0) is 4.74 Å². The van der Waals surface area contributed by atoms with Crippen molar-refractivity contribution in [2.45, 2.75) is 148 Å². The molecule has 2 rings (SSSR count). The number of hydrogen-bond donors (Lipinski definition) is 0. The first-order valence-electron chi connectivity index (χ1n) is 13.3. The molecule has 2 aliphatic rings. The van der Waals surface area contributed by atoms with Crippen molar-refractivity contribution in [3.05, 3.63) is 0 Å². The average Bonchev–Trinajstić information content (AvgIpc) is 3.28. The first kappa shape index (κ1) is 24.7. The number of hydrogen-bond acceptors (Lipinski definition) is 2. The zero-order valence-electron chi connectivity index (χ0n) is 20.2. The minimum absolute atomic E-state index is 0.0164. The molecule has 0 amide bonds. The number of unbranched alkanes of at least 4 members (excludes halogenated alkanes) is 11. The summed E-state index contributed by atoms with van der Waals surface area (Å²) in [6, 6.07) is 0. The minimum atomic E-state index is 0.0164. The summed E-state index contributed by atoms with van der Waals surface area (Å²) in [7, 11) is 0. The molecule has 0 aromatic carbocycles. The lowest BCUT2D eigenvalue weighted by Gasteiger charge is -2.19. The maximum Gasteiger partial charge on any atom is 0.183 e. The van der Waals surface area contributed by atoms with Crippen LogP contribution in [0.5, 0.6) is 0 Å². The van der Waals surface area contributed by atoms with E-state index in [1.165, 1.54) is 116 Å². The molecule has 0 aromatic rings. The van der Waals surface area contributed by atoms with E-state index < -0.39 is 0 Å². The first-order valence-corrected chi connectivity index (χ1v) is 13.3. The number of ether oxygens (including phenoxy) is 1. The summed E-state index contributed by atoms with van der Waals surface area (Å²) in [6.45, 7) is 7.39. The maximum atomic E-state index is 5.68. The number of nitrogens with zero attached hydrogens (tertiary/aromatic N) is 1. The number of aliphatic imine (C=N–C) groups is 1. The van der Waals surface area contributed by atoms with Crippen LogP contribution in [-0.4, -0.2) is 18.0 Å². The molecule has 2 heteroatoms. The van der Waals surface area contributed by atoms with E-state index in [1.54, 1.807) is 0 Å². The van der Waals surface area contributed by atoms with Crippen molar-refractivity contribution in [3.8, 4) is 0 Å². The summed E-state index contributed by atoms with van der Waals surface area (Å²) >= 11 is 0. The van der Waals surface area contributed by atoms with Crippen LogP contribution in [0, 0.1) is 11.8 Å². The van der Waals surface area contributed by atoms with Gasteiger partial charge in [-0.15, -0.1) is 0 Å². The molecule has 1 aliphatic heterocycles. The molecule has 29 heavy (non-hydrogen) atoms. The van der Waals surface area contributed by atoms with Crippen LogP contribution in [0.4, 0.5) is 0 Å². The lowest BCUT2D eigenvalue weighted by atomic mass is 9.86. The molecule has 170 valence electrons. The molecule has 1 fully saturated rings. The Morgan fingerprint density at radius 2 is 1.28 bits per heavy atom. The summed E-state index contributed by atoms with van der Waals surface area (Å²) in [5.41, 5.74) is 0.0164.